The number of thiazole rings is 1. The van der Waals surface area contributed by atoms with Crippen molar-refractivity contribution in [2.45, 2.75) is 6.92 Å². The number of benzene rings is 1. The highest BCUT2D eigenvalue weighted by Crippen LogP contribution is 2.35. The summed E-state index contributed by atoms with van der Waals surface area (Å²) in [6.45, 7) is 2.30. The Morgan fingerprint density at radius 1 is 1.28 bits per heavy atom. The Labute approximate surface area is 107 Å². The first kappa shape index (κ1) is 9.90. The van der Waals surface area contributed by atoms with Crippen LogP contribution in [0.1, 0.15) is 5.69 Å². The first-order valence-corrected chi connectivity index (χ1v) is 6.40. The van der Waals surface area contributed by atoms with E-state index in [1.165, 1.54) is 0 Å². The lowest BCUT2D eigenvalue weighted by Crippen LogP contribution is -1.92. The molecule has 1 aliphatic rings. The van der Waals surface area contributed by atoms with Gasteiger partial charge in [-0.1, -0.05) is 0 Å². The minimum Gasteiger partial charge on any atom is -0.454 e. The lowest BCUT2D eigenvalue weighted by atomic mass is 10.2. The van der Waals surface area contributed by atoms with E-state index in [9.17, 15) is 0 Å². The van der Waals surface area contributed by atoms with Crippen LogP contribution in [0.25, 0.3) is 16.3 Å². The highest BCUT2D eigenvalue weighted by Gasteiger charge is 2.16. The van der Waals surface area contributed by atoms with Crippen LogP contribution < -0.4 is 9.47 Å². The predicted octanol–water partition coefficient (Wildman–Crippen LogP) is 2.49. The van der Waals surface area contributed by atoms with E-state index in [0.717, 1.165) is 27.7 Å². The summed E-state index contributed by atoms with van der Waals surface area (Å²) in [6.07, 6.45) is 0. The number of rotatable bonds is 1. The standard InChI is InChI=1S/C12H9N3O2S/c1-7-5-18-12-13-11(14-15(7)12)8-2-3-9-10(4-8)17-6-16-9/h2-5H,6H2,1H3. The maximum absolute atomic E-state index is 5.36. The van der Waals surface area contributed by atoms with Crippen molar-refractivity contribution in [3.8, 4) is 22.9 Å². The molecule has 6 heteroatoms. The second-order valence-corrected chi connectivity index (χ2v) is 4.91. The van der Waals surface area contributed by atoms with Crippen LogP contribution in [0.4, 0.5) is 0 Å². The first-order chi connectivity index (χ1) is 8.81. The normalized spacial score (nSPS) is 13.4. The summed E-state index contributed by atoms with van der Waals surface area (Å²) in [5.41, 5.74) is 2.03. The van der Waals surface area contributed by atoms with Crippen molar-refractivity contribution in [2.75, 3.05) is 6.79 Å². The van der Waals surface area contributed by atoms with Gasteiger partial charge in [0.1, 0.15) is 0 Å². The first-order valence-electron chi connectivity index (χ1n) is 5.52. The van der Waals surface area contributed by atoms with Gasteiger partial charge < -0.3 is 9.47 Å². The molecule has 0 radical (unpaired) electrons. The smallest absolute Gasteiger partial charge is 0.231 e. The number of hydrogen-bond donors (Lipinski definition) is 0. The number of nitrogens with zero attached hydrogens (tertiary/aromatic N) is 3. The van der Waals surface area contributed by atoms with Crippen LogP contribution in [0.15, 0.2) is 23.6 Å². The van der Waals surface area contributed by atoms with E-state index in [4.69, 9.17) is 9.47 Å². The molecule has 0 bridgehead atoms. The van der Waals surface area contributed by atoms with Gasteiger partial charge >= 0.3 is 0 Å². The van der Waals surface area contributed by atoms with E-state index < -0.39 is 0 Å². The van der Waals surface area contributed by atoms with Gasteiger partial charge in [0.2, 0.25) is 11.8 Å². The molecule has 3 aromatic rings. The van der Waals surface area contributed by atoms with Crippen molar-refractivity contribution < 1.29 is 9.47 Å². The maximum Gasteiger partial charge on any atom is 0.231 e. The van der Waals surface area contributed by atoms with E-state index in [1.807, 2.05) is 35.0 Å². The van der Waals surface area contributed by atoms with Gasteiger partial charge in [-0.25, -0.2) is 4.52 Å². The van der Waals surface area contributed by atoms with E-state index in [2.05, 4.69) is 10.1 Å². The Bertz CT molecular complexity index is 747. The molecule has 0 unspecified atom stereocenters. The Morgan fingerprint density at radius 3 is 3.06 bits per heavy atom. The van der Waals surface area contributed by atoms with Gasteiger partial charge in [-0.15, -0.1) is 16.4 Å². The minimum atomic E-state index is 0.281. The van der Waals surface area contributed by atoms with Gasteiger partial charge in [-0.05, 0) is 25.1 Å². The third kappa shape index (κ3) is 1.32. The fourth-order valence-corrected chi connectivity index (χ4v) is 2.75. The summed E-state index contributed by atoms with van der Waals surface area (Å²) in [4.78, 5) is 5.41. The lowest BCUT2D eigenvalue weighted by molar-refractivity contribution is 0.174. The van der Waals surface area contributed by atoms with Crippen molar-refractivity contribution in [3.05, 3.63) is 29.3 Å². The Kier molecular flexibility index (Phi) is 1.90. The van der Waals surface area contributed by atoms with Gasteiger partial charge in [0, 0.05) is 10.9 Å². The molecule has 18 heavy (non-hydrogen) atoms. The van der Waals surface area contributed by atoms with Crippen LogP contribution in [0.3, 0.4) is 0 Å². The number of ether oxygens (including phenoxy) is 2. The van der Waals surface area contributed by atoms with E-state index >= 15 is 0 Å². The summed E-state index contributed by atoms with van der Waals surface area (Å²) in [6, 6.07) is 5.75. The van der Waals surface area contributed by atoms with Crippen LogP contribution in [0.5, 0.6) is 11.5 Å². The molecule has 0 N–H and O–H groups in total. The van der Waals surface area contributed by atoms with Crippen molar-refractivity contribution >= 4 is 16.3 Å². The molecule has 4 rings (SSSR count). The van der Waals surface area contributed by atoms with Crippen LogP contribution >= 0.6 is 11.3 Å². The third-order valence-corrected chi connectivity index (χ3v) is 3.81. The molecular formula is C12H9N3O2S. The number of hydrogen-bond acceptors (Lipinski definition) is 5. The molecule has 0 spiro atoms. The molecule has 0 amide bonds. The minimum absolute atomic E-state index is 0.281. The zero-order valence-corrected chi connectivity index (χ0v) is 10.4. The molecule has 1 aliphatic heterocycles. The second kappa shape index (κ2) is 3.46. The van der Waals surface area contributed by atoms with Crippen LogP contribution in [0.2, 0.25) is 0 Å². The van der Waals surface area contributed by atoms with Gasteiger partial charge in [-0.2, -0.15) is 4.98 Å². The van der Waals surface area contributed by atoms with Gasteiger partial charge in [-0.3, -0.25) is 0 Å². The van der Waals surface area contributed by atoms with Gasteiger partial charge in [0.05, 0.1) is 5.69 Å². The predicted molar refractivity (Wildman–Crippen MR) is 67.2 cm³/mol. The summed E-state index contributed by atoms with van der Waals surface area (Å²) in [5.74, 6) is 2.24. The SMILES string of the molecule is Cc1csc2nc(-c3ccc4c(c3)OCO4)nn12. The summed E-state index contributed by atoms with van der Waals surface area (Å²) in [7, 11) is 0. The third-order valence-electron chi connectivity index (χ3n) is 2.88. The molecule has 0 aliphatic carbocycles. The zero-order valence-electron chi connectivity index (χ0n) is 9.58. The number of aryl methyl sites for hydroxylation is 1. The van der Waals surface area contributed by atoms with Crippen LogP contribution in [0, 0.1) is 6.92 Å². The molecule has 0 fully saturated rings. The Hall–Kier alpha value is -2.08. The van der Waals surface area contributed by atoms with Crippen LogP contribution in [-0.4, -0.2) is 21.4 Å². The highest BCUT2D eigenvalue weighted by molar-refractivity contribution is 7.15. The van der Waals surface area contributed by atoms with E-state index in [-0.39, 0.29) is 6.79 Å². The summed E-state index contributed by atoms with van der Waals surface area (Å²) >= 11 is 1.59. The van der Waals surface area contributed by atoms with Gasteiger partial charge in [0.15, 0.2) is 17.3 Å². The number of fused-ring (bicyclic) bond motifs is 2. The molecule has 2 aromatic heterocycles. The maximum atomic E-state index is 5.36. The van der Waals surface area contributed by atoms with Crippen molar-refractivity contribution in [1.82, 2.24) is 14.6 Å². The number of aromatic nitrogens is 3. The van der Waals surface area contributed by atoms with Crippen LogP contribution in [-0.2, 0) is 0 Å². The lowest BCUT2D eigenvalue weighted by Gasteiger charge is -1.98. The Morgan fingerprint density at radius 2 is 2.17 bits per heavy atom. The molecule has 1 aromatic carbocycles. The monoisotopic (exact) mass is 259 g/mol. The van der Waals surface area contributed by atoms with Crippen molar-refractivity contribution in [1.29, 1.82) is 0 Å². The van der Waals surface area contributed by atoms with Gasteiger partial charge in [0.25, 0.3) is 0 Å². The van der Waals surface area contributed by atoms with E-state index in [0.29, 0.717) is 5.82 Å². The fourth-order valence-electron chi connectivity index (χ4n) is 1.95. The van der Waals surface area contributed by atoms with Crippen molar-refractivity contribution in [3.63, 3.8) is 0 Å². The molecular weight excluding hydrogens is 250 g/mol. The molecule has 0 saturated heterocycles. The molecule has 5 nitrogen and oxygen atoms in total. The van der Waals surface area contributed by atoms with Crippen molar-refractivity contribution in [2.24, 2.45) is 0 Å². The summed E-state index contributed by atoms with van der Waals surface area (Å²) < 4.78 is 12.5. The molecule has 0 saturated carbocycles. The largest absolute Gasteiger partial charge is 0.454 e. The Balaban J connectivity index is 1.86. The summed E-state index contributed by atoms with van der Waals surface area (Å²) in [5, 5.41) is 6.53. The topological polar surface area (TPSA) is 48.7 Å². The molecule has 0 atom stereocenters. The second-order valence-electron chi connectivity index (χ2n) is 4.07. The molecule has 90 valence electrons. The van der Waals surface area contributed by atoms with E-state index in [1.54, 1.807) is 11.3 Å². The molecule has 3 heterocycles. The zero-order chi connectivity index (χ0) is 12.1. The highest BCUT2D eigenvalue weighted by atomic mass is 32.1. The fraction of sp³-hybridized carbons (Fsp3) is 0.167. The average molecular weight is 259 g/mol. The quantitative estimate of drug-likeness (QED) is 0.673. The average Bonchev–Trinajstić information content (AvgIpc) is 3.05.